The summed E-state index contributed by atoms with van der Waals surface area (Å²) in [5.41, 5.74) is 1.78. The van der Waals surface area contributed by atoms with Gasteiger partial charge in [-0.1, -0.05) is 12.1 Å². The van der Waals surface area contributed by atoms with Crippen molar-refractivity contribution in [3.8, 4) is 11.5 Å². The molecule has 6 nitrogen and oxygen atoms in total. The molecule has 144 valence electrons. The average Bonchev–Trinajstić information content (AvgIpc) is 2.73. The van der Waals surface area contributed by atoms with Crippen molar-refractivity contribution < 1.29 is 14.3 Å². The molecule has 0 saturated carbocycles. The molecule has 1 heterocycles. The summed E-state index contributed by atoms with van der Waals surface area (Å²) in [6.45, 7) is 6.65. The van der Waals surface area contributed by atoms with Gasteiger partial charge in [-0.3, -0.25) is 9.69 Å². The van der Waals surface area contributed by atoms with Crippen molar-refractivity contribution in [2.75, 3.05) is 51.5 Å². The van der Waals surface area contributed by atoms with Crippen LogP contribution in [0.5, 0.6) is 11.5 Å². The third-order valence-corrected chi connectivity index (χ3v) is 4.70. The van der Waals surface area contributed by atoms with E-state index in [-0.39, 0.29) is 5.91 Å². The summed E-state index contributed by atoms with van der Waals surface area (Å²) in [7, 11) is 1.68. The molecule has 0 spiro atoms. The van der Waals surface area contributed by atoms with Crippen LogP contribution in [0.15, 0.2) is 48.5 Å². The number of ether oxygens (including phenoxy) is 2. The fraction of sp³-hybridized carbons (Fsp3) is 0.381. The number of para-hydroxylation sites is 1. The van der Waals surface area contributed by atoms with E-state index in [0.717, 1.165) is 31.9 Å². The molecule has 1 N–H and O–H groups in total. The Morgan fingerprint density at radius 2 is 1.74 bits per heavy atom. The lowest BCUT2D eigenvalue weighted by molar-refractivity contribution is 0.0916. The molecule has 0 atom stereocenters. The highest BCUT2D eigenvalue weighted by Crippen LogP contribution is 2.21. The maximum Gasteiger partial charge on any atom is 0.256 e. The molecule has 1 aliphatic rings. The zero-order chi connectivity index (χ0) is 19.1. The molecule has 2 aromatic carbocycles. The number of carbonyl (C=O) groups is 1. The molecule has 27 heavy (non-hydrogen) atoms. The Balaban J connectivity index is 1.48. The molecule has 1 aliphatic heterocycles. The number of anilines is 1. The molecule has 1 amide bonds. The second-order valence-corrected chi connectivity index (χ2v) is 6.40. The molecule has 1 saturated heterocycles. The number of nitrogens with one attached hydrogen (secondary N) is 1. The van der Waals surface area contributed by atoms with E-state index < -0.39 is 0 Å². The van der Waals surface area contributed by atoms with Gasteiger partial charge in [-0.05, 0) is 43.3 Å². The van der Waals surface area contributed by atoms with Gasteiger partial charge >= 0.3 is 0 Å². The van der Waals surface area contributed by atoms with E-state index in [1.807, 2.05) is 37.3 Å². The number of hydrogen-bond acceptors (Lipinski definition) is 5. The van der Waals surface area contributed by atoms with Crippen molar-refractivity contribution in [1.29, 1.82) is 0 Å². The molecule has 0 unspecified atom stereocenters. The topological polar surface area (TPSA) is 54.0 Å². The molecule has 6 heteroatoms. The fourth-order valence-corrected chi connectivity index (χ4v) is 3.17. The van der Waals surface area contributed by atoms with Crippen molar-refractivity contribution in [2.45, 2.75) is 6.92 Å². The second-order valence-electron chi connectivity index (χ2n) is 6.40. The third-order valence-electron chi connectivity index (χ3n) is 4.70. The lowest BCUT2D eigenvalue weighted by Gasteiger charge is -2.36. The van der Waals surface area contributed by atoms with Crippen LogP contribution in [0.2, 0.25) is 0 Å². The molecular weight excluding hydrogens is 342 g/mol. The van der Waals surface area contributed by atoms with Gasteiger partial charge < -0.3 is 19.7 Å². The van der Waals surface area contributed by atoms with E-state index >= 15 is 0 Å². The second kappa shape index (κ2) is 9.28. The minimum absolute atomic E-state index is 0.100. The van der Waals surface area contributed by atoms with Crippen LogP contribution >= 0.6 is 0 Å². The van der Waals surface area contributed by atoms with Crippen molar-refractivity contribution in [3.63, 3.8) is 0 Å². The van der Waals surface area contributed by atoms with E-state index in [2.05, 4.69) is 27.2 Å². The Morgan fingerprint density at radius 3 is 2.41 bits per heavy atom. The first kappa shape index (κ1) is 19.0. The van der Waals surface area contributed by atoms with Crippen LogP contribution in [0, 0.1) is 0 Å². The quantitative estimate of drug-likeness (QED) is 0.813. The molecular formula is C21H27N3O3. The Hall–Kier alpha value is -2.73. The van der Waals surface area contributed by atoms with E-state index in [4.69, 9.17) is 9.47 Å². The third kappa shape index (κ3) is 4.92. The lowest BCUT2D eigenvalue weighted by Crippen LogP contribution is -2.50. The van der Waals surface area contributed by atoms with E-state index in [9.17, 15) is 4.79 Å². The molecule has 3 rings (SSSR count). The number of benzene rings is 2. The summed E-state index contributed by atoms with van der Waals surface area (Å²) in [6, 6.07) is 15.5. The maximum atomic E-state index is 12.5. The Morgan fingerprint density at radius 1 is 1.04 bits per heavy atom. The van der Waals surface area contributed by atoms with Crippen LogP contribution in [0.1, 0.15) is 17.3 Å². The normalized spacial score (nSPS) is 14.7. The first-order valence-corrected chi connectivity index (χ1v) is 9.32. The molecule has 0 bridgehead atoms. The summed E-state index contributed by atoms with van der Waals surface area (Å²) in [6.07, 6.45) is 0. The highest BCUT2D eigenvalue weighted by Gasteiger charge is 2.18. The van der Waals surface area contributed by atoms with Crippen molar-refractivity contribution in [2.24, 2.45) is 0 Å². The molecule has 2 aromatic rings. The summed E-state index contributed by atoms with van der Waals surface area (Å²) >= 11 is 0. The number of amides is 1. The summed E-state index contributed by atoms with van der Waals surface area (Å²) in [5.74, 6) is 1.39. The van der Waals surface area contributed by atoms with E-state index in [0.29, 0.717) is 24.6 Å². The van der Waals surface area contributed by atoms with Crippen LogP contribution < -0.4 is 19.7 Å². The highest BCUT2D eigenvalue weighted by molar-refractivity contribution is 5.96. The minimum Gasteiger partial charge on any atom is -0.497 e. The smallest absolute Gasteiger partial charge is 0.256 e. The van der Waals surface area contributed by atoms with Gasteiger partial charge in [0.2, 0.25) is 0 Å². The van der Waals surface area contributed by atoms with Crippen LogP contribution in [0.25, 0.3) is 0 Å². The summed E-state index contributed by atoms with van der Waals surface area (Å²) < 4.78 is 10.8. The predicted octanol–water partition coefficient (Wildman–Crippen LogP) is 2.60. The largest absolute Gasteiger partial charge is 0.497 e. The van der Waals surface area contributed by atoms with Crippen LogP contribution in [-0.2, 0) is 0 Å². The molecule has 0 aliphatic carbocycles. The Labute approximate surface area is 160 Å². The predicted molar refractivity (Wildman–Crippen MR) is 107 cm³/mol. The minimum atomic E-state index is -0.100. The first-order chi connectivity index (χ1) is 13.2. The van der Waals surface area contributed by atoms with Gasteiger partial charge in [0.05, 0.1) is 25.9 Å². The highest BCUT2D eigenvalue weighted by atomic mass is 16.5. The van der Waals surface area contributed by atoms with Gasteiger partial charge in [0, 0.05) is 31.9 Å². The van der Waals surface area contributed by atoms with Gasteiger partial charge in [-0.2, -0.15) is 0 Å². The van der Waals surface area contributed by atoms with Crippen LogP contribution in [0.3, 0.4) is 0 Å². The van der Waals surface area contributed by atoms with Gasteiger partial charge in [0.1, 0.15) is 11.5 Å². The van der Waals surface area contributed by atoms with Crippen molar-refractivity contribution >= 4 is 11.6 Å². The van der Waals surface area contributed by atoms with Gasteiger partial charge in [-0.25, -0.2) is 0 Å². The molecule has 1 fully saturated rings. The van der Waals surface area contributed by atoms with Crippen molar-refractivity contribution in [3.05, 3.63) is 54.1 Å². The standard InChI is InChI=1S/C21H27N3O3/c1-3-27-20-7-5-4-6-19(20)21(25)22-16-23-12-14-24(15-13-23)17-8-10-18(26-2)11-9-17/h4-11H,3,12-16H2,1-2H3,(H,22,25). The SMILES string of the molecule is CCOc1ccccc1C(=O)NCN1CCN(c2ccc(OC)cc2)CC1. The average molecular weight is 369 g/mol. The summed E-state index contributed by atoms with van der Waals surface area (Å²) in [5, 5.41) is 3.01. The number of carbonyl (C=O) groups excluding carboxylic acids is 1. The van der Waals surface area contributed by atoms with Crippen LogP contribution in [0.4, 0.5) is 5.69 Å². The lowest BCUT2D eigenvalue weighted by atomic mass is 10.2. The Kier molecular flexibility index (Phi) is 6.54. The number of piperazine rings is 1. The monoisotopic (exact) mass is 369 g/mol. The zero-order valence-corrected chi connectivity index (χ0v) is 16.0. The number of methoxy groups -OCH3 is 1. The van der Waals surface area contributed by atoms with Gasteiger partial charge in [0.15, 0.2) is 0 Å². The fourth-order valence-electron chi connectivity index (χ4n) is 3.17. The zero-order valence-electron chi connectivity index (χ0n) is 16.0. The van der Waals surface area contributed by atoms with E-state index in [1.165, 1.54) is 5.69 Å². The van der Waals surface area contributed by atoms with Gasteiger partial charge in [0.25, 0.3) is 5.91 Å². The number of nitrogens with zero attached hydrogens (tertiary/aromatic N) is 2. The van der Waals surface area contributed by atoms with Crippen molar-refractivity contribution in [1.82, 2.24) is 10.2 Å². The maximum absolute atomic E-state index is 12.5. The van der Waals surface area contributed by atoms with Gasteiger partial charge in [-0.15, -0.1) is 0 Å². The van der Waals surface area contributed by atoms with E-state index in [1.54, 1.807) is 13.2 Å². The summed E-state index contributed by atoms with van der Waals surface area (Å²) in [4.78, 5) is 17.1. The number of rotatable bonds is 7. The molecule has 0 radical (unpaired) electrons. The first-order valence-electron chi connectivity index (χ1n) is 9.32. The Bertz CT molecular complexity index is 741. The van der Waals surface area contributed by atoms with Crippen LogP contribution in [-0.4, -0.2) is 57.4 Å². The number of hydrogen-bond donors (Lipinski definition) is 1. The molecule has 0 aromatic heterocycles.